The molecule has 24 heavy (non-hydrogen) atoms. The lowest BCUT2D eigenvalue weighted by atomic mass is 10.1. The second kappa shape index (κ2) is 13.0. The topological polar surface area (TPSA) is 78.9 Å². The van der Waals surface area contributed by atoms with Crippen molar-refractivity contribution in [2.45, 2.75) is 77.2 Å². The van der Waals surface area contributed by atoms with E-state index in [4.69, 9.17) is 9.84 Å². The predicted molar refractivity (Wildman–Crippen MR) is 94.2 cm³/mol. The van der Waals surface area contributed by atoms with E-state index in [1.165, 1.54) is 19.3 Å². The molecule has 0 aliphatic carbocycles. The number of nitrogens with zero attached hydrogens (tertiary/aromatic N) is 1. The van der Waals surface area contributed by atoms with Gasteiger partial charge in [-0.25, -0.2) is 4.79 Å². The van der Waals surface area contributed by atoms with Crippen molar-refractivity contribution in [3.8, 4) is 0 Å². The molecule has 1 amide bonds. The summed E-state index contributed by atoms with van der Waals surface area (Å²) >= 11 is 0. The summed E-state index contributed by atoms with van der Waals surface area (Å²) in [7, 11) is 0. The molecule has 0 aromatic rings. The number of likely N-dealkylation sites (tertiary alicyclic amines) is 1. The molecular weight excluding hydrogens is 308 g/mol. The zero-order valence-electron chi connectivity index (χ0n) is 15.1. The molecule has 6 nitrogen and oxygen atoms in total. The van der Waals surface area contributed by atoms with E-state index in [2.05, 4.69) is 17.1 Å². The zero-order valence-corrected chi connectivity index (χ0v) is 15.1. The highest BCUT2D eigenvalue weighted by molar-refractivity contribution is 5.68. The highest BCUT2D eigenvalue weighted by atomic mass is 16.6. The van der Waals surface area contributed by atoms with Gasteiger partial charge in [0.15, 0.2) is 0 Å². The van der Waals surface area contributed by atoms with Crippen LogP contribution >= 0.6 is 0 Å². The maximum Gasteiger partial charge on any atom is 0.407 e. The first-order valence-electron chi connectivity index (χ1n) is 9.50. The zero-order chi connectivity index (χ0) is 17.6. The van der Waals surface area contributed by atoms with Gasteiger partial charge in [-0.1, -0.05) is 32.6 Å². The fourth-order valence-corrected chi connectivity index (χ4v) is 3.04. The molecule has 1 fully saturated rings. The Morgan fingerprint density at radius 1 is 1.12 bits per heavy atom. The Morgan fingerprint density at radius 3 is 2.54 bits per heavy atom. The normalized spacial score (nSPS) is 16.5. The Balaban J connectivity index is 2.22. The first-order chi connectivity index (χ1) is 11.6. The van der Waals surface area contributed by atoms with Gasteiger partial charge >= 0.3 is 12.1 Å². The molecule has 1 atom stereocenters. The number of aliphatic carboxylic acids is 1. The average Bonchev–Trinajstić information content (AvgIpc) is 2.57. The van der Waals surface area contributed by atoms with Crippen LogP contribution in [0.2, 0.25) is 0 Å². The SMILES string of the molecule is CCCCCCC(CCC(=O)O)OC(=O)NCCN1CCCCC1. The van der Waals surface area contributed by atoms with Gasteiger partial charge in [-0.05, 0) is 45.2 Å². The van der Waals surface area contributed by atoms with E-state index in [9.17, 15) is 9.59 Å². The molecule has 0 bridgehead atoms. The number of carboxylic acid groups (broad SMARTS) is 1. The lowest BCUT2D eigenvalue weighted by molar-refractivity contribution is -0.137. The van der Waals surface area contributed by atoms with Gasteiger partial charge in [0.05, 0.1) is 0 Å². The van der Waals surface area contributed by atoms with Gasteiger partial charge in [0.2, 0.25) is 0 Å². The van der Waals surface area contributed by atoms with Crippen molar-refractivity contribution in [1.29, 1.82) is 0 Å². The van der Waals surface area contributed by atoms with Crippen LogP contribution in [0.3, 0.4) is 0 Å². The van der Waals surface area contributed by atoms with Crippen LogP contribution < -0.4 is 5.32 Å². The number of rotatable bonds is 12. The van der Waals surface area contributed by atoms with Crippen molar-refractivity contribution in [1.82, 2.24) is 10.2 Å². The molecular formula is C18H34N2O4. The summed E-state index contributed by atoms with van der Waals surface area (Å²) in [4.78, 5) is 25.0. The van der Waals surface area contributed by atoms with Crippen molar-refractivity contribution in [2.24, 2.45) is 0 Å². The molecule has 1 aliphatic rings. The lowest BCUT2D eigenvalue weighted by Crippen LogP contribution is -2.38. The van der Waals surface area contributed by atoms with E-state index in [-0.39, 0.29) is 12.5 Å². The van der Waals surface area contributed by atoms with Crippen LogP contribution in [0.15, 0.2) is 0 Å². The van der Waals surface area contributed by atoms with Crippen molar-refractivity contribution >= 4 is 12.1 Å². The molecule has 0 spiro atoms. The van der Waals surface area contributed by atoms with Crippen molar-refractivity contribution in [3.63, 3.8) is 0 Å². The van der Waals surface area contributed by atoms with Crippen LogP contribution in [0.25, 0.3) is 0 Å². The quantitative estimate of drug-likeness (QED) is 0.531. The number of hydrogen-bond acceptors (Lipinski definition) is 4. The van der Waals surface area contributed by atoms with Gasteiger partial charge in [0.1, 0.15) is 6.10 Å². The van der Waals surface area contributed by atoms with Crippen LogP contribution in [-0.2, 0) is 9.53 Å². The summed E-state index contributed by atoms with van der Waals surface area (Å²) in [6.45, 7) is 5.80. The van der Waals surface area contributed by atoms with Crippen LogP contribution in [-0.4, -0.2) is 54.4 Å². The number of carbonyl (C=O) groups excluding carboxylic acids is 1. The van der Waals surface area contributed by atoms with Gasteiger partial charge in [-0.3, -0.25) is 4.79 Å². The Labute approximate surface area is 145 Å². The van der Waals surface area contributed by atoms with E-state index in [0.29, 0.717) is 13.0 Å². The number of piperidine rings is 1. The van der Waals surface area contributed by atoms with E-state index in [1.54, 1.807) is 0 Å². The molecule has 6 heteroatoms. The van der Waals surface area contributed by atoms with Gasteiger partial charge in [-0.15, -0.1) is 0 Å². The minimum atomic E-state index is -0.845. The van der Waals surface area contributed by atoms with Gasteiger partial charge < -0.3 is 20.1 Å². The summed E-state index contributed by atoms with van der Waals surface area (Å²) in [5.74, 6) is -0.845. The smallest absolute Gasteiger partial charge is 0.407 e. The molecule has 2 N–H and O–H groups in total. The molecule has 1 rings (SSSR count). The maximum atomic E-state index is 11.9. The first-order valence-corrected chi connectivity index (χ1v) is 9.50. The number of carboxylic acids is 1. The van der Waals surface area contributed by atoms with Crippen molar-refractivity contribution in [2.75, 3.05) is 26.2 Å². The molecule has 1 heterocycles. The van der Waals surface area contributed by atoms with Crippen molar-refractivity contribution < 1.29 is 19.4 Å². The highest BCUT2D eigenvalue weighted by Crippen LogP contribution is 2.13. The van der Waals surface area contributed by atoms with Gasteiger partial charge in [0.25, 0.3) is 0 Å². The molecule has 0 aromatic carbocycles. The number of carbonyl (C=O) groups is 2. The van der Waals surface area contributed by atoms with Crippen molar-refractivity contribution in [3.05, 3.63) is 0 Å². The maximum absolute atomic E-state index is 11.9. The van der Waals surface area contributed by atoms with Crippen LogP contribution in [0.4, 0.5) is 4.79 Å². The van der Waals surface area contributed by atoms with Gasteiger partial charge in [0, 0.05) is 19.5 Å². The minimum Gasteiger partial charge on any atom is -0.481 e. The summed E-state index contributed by atoms with van der Waals surface area (Å²) < 4.78 is 5.44. The largest absolute Gasteiger partial charge is 0.481 e. The number of nitrogens with one attached hydrogen (secondary N) is 1. The fourth-order valence-electron chi connectivity index (χ4n) is 3.04. The fraction of sp³-hybridized carbons (Fsp3) is 0.889. The number of alkyl carbamates (subject to hydrolysis) is 1. The standard InChI is InChI=1S/C18H34N2O4/c1-2-3-4-6-9-16(10-11-17(21)22)24-18(23)19-12-15-20-13-7-5-8-14-20/h16H,2-15H2,1H3,(H,19,23)(H,21,22). The highest BCUT2D eigenvalue weighted by Gasteiger charge is 2.16. The Kier molecular flexibility index (Phi) is 11.3. The number of hydrogen-bond donors (Lipinski definition) is 2. The summed E-state index contributed by atoms with van der Waals surface area (Å²) in [6.07, 6.45) is 8.61. The summed E-state index contributed by atoms with van der Waals surface area (Å²) in [6, 6.07) is 0. The first kappa shape index (κ1) is 20.7. The van der Waals surface area contributed by atoms with Crippen LogP contribution in [0.5, 0.6) is 0 Å². The second-order valence-corrected chi connectivity index (χ2v) is 6.64. The van der Waals surface area contributed by atoms with E-state index in [0.717, 1.165) is 51.7 Å². The number of ether oxygens (including phenoxy) is 1. The number of amides is 1. The Bertz CT molecular complexity index is 357. The monoisotopic (exact) mass is 342 g/mol. The molecule has 0 saturated carbocycles. The molecule has 1 aliphatic heterocycles. The third-order valence-corrected chi connectivity index (χ3v) is 4.48. The average molecular weight is 342 g/mol. The summed E-state index contributed by atoms with van der Waals surface area (Å²) in [5, 5.41) is 11.6. The van der Waals surface area contributed by atoms with Gasteiger partial charge in [-0.2, -0.15) is 0 Å². The molecule has 1 saturated heterocycles. The second-order valence-electron chi connectivity index (χ2n) is 6.64. The van der Waals surface area contributed by atoms with E-state index < -0.39 is 12.1 Å². The summed E-state index contributed by atoms with van der Waals surface area (Å²) in [5.41, 5.74) is 0. The molecule has 0 aromatic heterocycles. The van der Waals surface area contributed by atoms with E-state index in [1.807, 2.05) is 0 Å². The Hall–Kier alpha value is -1.30. The molecule has 1 unspecified atom stereocenters. The predicted octanol–water partition coefficient (Wildman–Crippen LogP) is 3.40. The van der Waals surface area contributed by atoms with Crippen LogP contribution in [0.1, 0.15) is 71.1 Å². The third-order valence-electron chi connectivity index (χ3n) is 4.48. The Morgan fingerprint density at radius 2 is 1.88 bits per heavy atom. The number of unbranched alkanes of at least 4 members (excludes halogenated alkanes) is 3. The minimum absolute atomic E-state index is 0.0412. The third kappa shape index (κ3) is 10.5. The van der Waals surface area contributed by atoms with E-state index >= 15 is 0 Å². The lowest BCUT2D eigenvalue weighted by Gasteiger charge is -2.26. The molecule has 0 radical (unpaired) electrons. The molecule has 140 valence electrons. The van der Waals surface area contributed by atoms with Crippen LogP contribution in [0, 0.1) is 0 Å².